The molecule has 0 aliphatic carbocycles. The second-order valence-electron chi connectivity index (χ2n) is 5.81. The maximum atomic E-state index is 12.0. The first-order valence-corrected chi connectivity index (χ1v) is 9.57. The lowest BCUT2D eigenvalue weighted by atomic mass is 10.2. The number of amides is 2. The van der Waals surface area contributed by atoms with Crippen molar-refractivity contribution < 1.29 is 23.9 Å². The molecule has 0 atom stereocenters. The third-order valence-electron chi connectivity index (χ3n) is 3.58. The largest absolute Gasteiger partial charge is 0.492 e. The van der Waals surface area contributed by atoms with Crippen LogP contribution in [-0.4, -0.2) is 31.0 Å². The van der Waals surface area contributed by atoms with E-state index in [1.54, 1.807) is 36.4 Å². The number of carbonyl (C=O) groups excluding carboxylic acids is 3. The smallest absolute Gasteiger partial charge is 0.306 e. The van der Waals surface area contributed by atoms with Crippen molar-refractivity contribution in [3.05, 3.63) is 52.5 Å². The van der Waals surface area contributed by atoms with Crippen molar-refractivity contribution in [3.63, 3.8) is 0 Å². The van der Waals surface area contributed by atoms with Crippen LogP contribution in [0.4, 0.5) is 11.4 Å². The summed E-state index contributed by atoms with van der Waals surface area (Å²) in [5.74, 6) is -1.10. The van der Waals surface area contributed by atoms with Crippen LogP contribution >= 0.6 is 23.2 Å². The fourth-order valence-corrected chi connectivity index (χ4v) is 2.61. The van der Waals surface area contributed by atoms with Crippen LogP contribution in [0.25, 0.3) is 0 Å². The van der Waals surface area contributed by atoms with Crippen molar-refractivity contribution in [1.82, 2.24) is 0 Å². The number of esters is 1. The quantitative estimate of drug-likeness (QED) is 0.569. The Kier molecular flexibility index (Phi) is 8.76. The van der Waals surface area contributed by atoms with Gasteiger partial charge in [-0.05, 0) is 37.3 Å². The Morgan fingerprint density at radius 1 is 0.931 bits per heavy atom. The van der Waals surface area contributed by atoms with Crippen molar-refractivity contribution >= 4 is 52.4 Å². The number of halogens is 2. The van der Waals surface area contributed by atoms with Crippen LogP contribution in [0.2, 0.25) is 10.0 Å². The summed E-state index contributed by atoms with van der Waals surface area (Å²) in [5.41, 5.74) is 0.832. The number of hydrogen-bond acceptors (Lipinski definition) is 5. The number of para-hydroxylation sites is 2. The molecular weight excluding hydrogens is 419 g/mol. The van der Waals surface area contributed by atoms with E-state index in [0.717, 1.165) is 0 Å². The zero-order valence-electron chi connectivity index (χ0n) is 15.7. The lowest BCUT2D eigenvalue weighted by Gasteiger charge is -2.11. The number of nitrogens with one attached hydrogen (secondary N) is 2. The Labute approximate surface area is 178 Å². The zero-order chi connectivity index (χ0) is 21.2. The van der Waals surface area contributed by atoms with Crippen molar-refractivity contribution in [2.45, 2.75) is 19.8 Å². The molecule has 9 heteroatoms. The summed E-state index contributed by atoms with van der Waals surface area (Å²) in [7, 11) is 0. The fourth-order valence-electron chi connectivity index (χ4n) is 2.28. The van der Waals surface area contributed by atoms with E-state index in [2.05, 4.69) is 10.6 Å². The Morgan fingerprint density at radius 2 is 1.66 bits per heavy atom. The van der Waals surface area contributed by atoms with Crippen LogP contribution in [0.5, 0.6) is 5.75 Å². The minimum absolute atomic E-state index is 0.129. The van der Waals surface area contributed by atoms with Gasteiger partial charge in [-0.25, -0.2) is 0 Å². The summed E-state index contributed by atoms with van der Waals surface area (Å²) in [6.45, 7) is 1.81. The second-order valence-corrected chi connectivity index (χ2v) is 6.65. The minimum Gasteiger partial charge on any atom is -0.492 e. The summed E-state index contributed by atoms with van der Waals surface area (Å²) in [6.07, 6.45) is -0.316. The molecule has 0 saturated heterocycles. The predicted molar refractivity (Wildman–Crippen MR) is 112 cm³/mol. The Hall–Kier alpha value is -2.77. The number of hydrogen-bond donors (Lipinski definition) is 2. The van der Waals surface area contributed by atoms with Gasteiger partial charge in [0.05, 0.1) is 29.4 Å². The minimum atomic E-state index is -0.675. The van der Waals surface area contributed by atoms with Crippen LogP contribution in [0.1, 0.15) is 19.8 Å². The van der Waals surface area contributed by atoms with E-state index in [0.29, 0.717) is 33.8 Å². The molecule has 0 radical (unpaired) electrons. The number of rotatable bonds is 9. The molecular formula is C20H20Cl2N2O5. The third kappa shape index (κ3) is 7.63. The summed E-state index contributed by atoms with van der Waals surface area (Å²) in [6, 6.07) is 11.6. The van der Waals surface area contributed by atoms with Gasteiger partial charge in [-0.2, -0.15) is 0 Å². The third-order valence-corrected chi connectivity index (χ3v) is 4.15. The molecule has 0 spiro atoms. The van der Waals surface area contributed by atoms with Crippen molar-refractivity contribution in [2.75, 3.05) is 23.8 Å². The molecule has 7 nitrogen and oxygen atoms in total. The lowest BCUT2D eigenvalue weighted by Crippen LogP contribution is -2.22. The van der Waals surface area contributed by atoms with E-state index in [4.69, 9.17) is 32.7 Å². The normalized spacial score (nSPS) is 10.2. The summed E-state index contributed by atoms with van der Waals surface area (Å²) in [5, 5.41) is 5.92. The average Bonchev–Trinajstić information content (AvgIpc) is 2.69. The van der Waals surface area contributed by atoms with Gasteiger partial charge in [0.15, 0.2) is 6.61 Å². The number of benzene rings is 2. The number of anilines is 2. The molecule has 0 aromatic heterocycles. The molecule has 29 heavy (non-hydrogen) atoms. The van der Waals surface area contributed by atoms with Crippen LogP contribution in [0, 0.1) is 0 Å². The van der Waals surface area contributed by atoms with E-state index in [1.165, 1.54) is 6.07 Å². The highest BCUT2D eigenvalue weighted by Crippen LogP contribution is 2.25. The van der Waals surface area contributed by atoms with Gasteiger partial charge in [-0.1, -0.05) is 35.3 Å². The zero-order valence-corrected chi connectivity index (χ0v) is 17.2. The molecule has 154 valence electrons. The molecule has 2 N–H and O–H groups in total. The van der Waals surface area contributed by atoms with Crippen LogP contribution in [0.3, 0.4) is 0 Å². The fraction of sp³-hybridized carbons (Fsp3) is 0.250. The molecule has 0 bridgehead atoms. The molecule has 2 aromatic rings. The van der Waals surface area contributed by atoms with Gasteiger partial charge in [-0.15, -0.1) is 0 Å². The summed E-state index contributed by atoms with van der Waals surface area (Å²) >= 11 is 11.8. The molecule has 2 amide bonds. The maximum absolute atomic E-state index is 12.0. The van der Waals surface area contributed by atoms with E-state index in [1.807, 2.05) is 6.92 Å². The van der Waals surface area contributed by atoms with E-state index in [-0.39, 0.29) is 12.8 Å². The first-order valence-electron chi connectivity index (χ1n) is 8.81. The Bertz CT molecular complexity index is 889. The molecule has 0 aliphatic rings. The Morgan fingerprint density at radius 3 is 2.41 bits per heavy atom. The van der Waals surface area contributed by atoms with Gasteiger partial charge >= 0.3 is 5.97 Å². The van der Waals surface area contributed by atoms with Gasteiger partial charge in [0, 0.05) is 11.4 Å². The van der Waals surface area contributed by atoms with Gasteiger partial charge in [0.1, 0.15) is 5.75 Å². The van der Waals surface area contributed by atoms with E-state index >= 15 is 0 Å². The van der Waals surface area contributed by atoms with Crippen LogP contribution in [0.15, 0.2) is 42.5 Å². The molecule has 0 aliphatic heterocycles. The van der Waals surface area contributed by atoms with Gasteiger partial charge < -0.3 is 20.1 Å². The van der Waals surface area contributed by atoms with Crippen molar-refractivity contribution in [2.24, 2.45) is 0 Å². The molecule has 0 saturated carbocycles. The predicted octanol–water partition coefficient (Wildman–Crippen LogP) is 4.29. The summed E-state index contributed by atoms with van der Waals surface area (Å²) in [4.78, 5) is 35.7. The topological polar surface area (TPSA) is 93.7 Å². The van der Waals surface area contributed by atoms with Crippen LogP contribution < -0.4 is 15.4 Å². The highest BCUT2D eigenvalue weighted by atomic mass is 35.5. The average molecular weight is 439 g/mol. The lowest BCUT2D eigenvalue weighted by molar-refractivity contribution is -0.147. The monoisotopic (exact) mass is 438 g/mol. The first-order chi connectivity index (χ1) is 13.9. The number of ether oxygens (including phenoxy) is 2. The number of carbonyl (C=O) groups is 3. The molecule has 2 aromatic carbocycles. The summed E-state index contributed by atoms with van der Waals surface area (Å²) < 4.78 is 10.3. The molecule has 0 heterocycles. The molecule has 2 rings (SSSR count). The van der Waals surface area contributed by atoms with E-state index in [9.17, 15) is 14.4 Å². The van der Waals surface area contributed by atoms with Gasteiger partial charge in [0.25, 0.3) is 5.91 Å². The van der Waals surface area contributed by atoms with Gasteiger partial charge in [-0.3, -0.25) is 14.4 Å². The highest BCUT2D eigenvalue weighted by molar-refractivity contribution is 6.35. The molecule has 0 unspecified atom stereocenters. The Balaban J connectivity index is 1.74. The highest BCUT2D eigenvalue weighted by Gasteiger charge is 2.13. The standard InChI is InChI=1S/C20H20Cl2N2O5/c1-2-28-17-6-4-3-5-15(17)23-19(26)12-29-20(27)10-9-18(25)24-16-11-13(21)7-8-14(16)22/h3-8,11H,2,9-10,12H2,1H3,(H,23,26)(H,24,25). The van der Waals surface area contributed by atoms with Crippen molar-refractivity contribution in [3.8, 4) is 5.75 Å². The maximum Gasteiger partial charge on any atom is 0.306 e. The first kappa shape index (κ1) is 22.5. The molecule has 0 fully saturated rings. The van der Waals surface area contributed by atoms with E-state index < -0.39 is 24.4 Å². The van der Waals surface area contributed by atoms with Crippen molar-refractivity contribution in [1.29, 1.82) is 0 Å². The van der Waals surface area contributed by atoms with Gasteiger partial charge in [0.2, 0.25) is 5.91 Å². The van der Waals surface area contributed by atoms with Crippen LogP contribution in [-0.2, 0) is 19.1 Å². The second kappa shape index (κ2) is 11.3. The SMILES string of the molecule is CCOc1ccccc1NC(=O)COC(=O)CCC(=O)Nc1cc(Cl)ccc1Cl.